The molecule has 2 aromatic carbocycles. The Morgan fingerprint density at radius 1 is 1.05 bits per heavy atom. The van der Waals surface area contributed by atoms with Crippen LogP contribution in [0.15, 0.2) is 66.9 Å². The third-order valence-electron chi connectivity index (χ3n) is 3.70. The number of carbonyl (C=O) groups excluding carboxylic acids is 1. The van der Waals surface area contributed by atoms with Gasteiger partial charge in [0.25, 0.3) is 0 Å². The molecular formula is C18H17NO2. The smallest absolute Gasteiger partial charge is 0.159 e. The average Bonchev–Trinajstić information content (AvgIpc) is 2.55. The van der Waals surface area contributed by atoms with Crippen LogP contribution >= 0.6 is 0 Å². The quantitative estimate of drug-likeness (QED) is 0.857. The molecule has 0 amide bonds. The second-order valence-corrected chi connectivity index (χ2v) is 4.99. The molecule has 3 rings (SSSR count). The minimum atomic E-state index is -0.000000000000000444. The summed E-state index contributed by atoms with van der Waals surface area (Å²) in [5.74, 6) is 0.951. The molecule has 1 atom stereocenters. The summed E-state index contributed by atoms with van der Waals surface area (Å²) in [5.41, 5.74) is 2.10. The lowest BCUT2D eigenvalue weighted by molar-refractivity contribution is -0.115. The molecule has 0 N–H and O–H groups in total. The Balaban J connectivity index is 2.05. The third kappa shape index (κ3) is 2.68. The Morgan fingerprint density at radius 3 is 2.52 bits per heavy atom. The predicted octanol–water partition coefficient (Wildman–Crippen LogP) is 3.73. The Kier molecular flexibility index (Phi) is 3.73. The fraction of sp³-hybridized carbons (Fsp3) is 0.167. The molecule has 0 spiro atoms. The van der Waals surface area contributed by atoms with E-state index in [-0.39, 0.29) is 11.8 Å². The second-order valence-electron chi connectivity index (χ2n) is 4.99. The molecule has 1 aliphatic rings. The van der Waals surface area contributed by atoms with Crippen LogP contribution in [-0.2, 0) is 4.79 Å². The standard InChI is InChI=1S/C18H17NO2/c1-21-18-10-6-5-9-16(18)19-12-11-15(20)13-17(19)14-7-3-2-4-8-14/h2-12,17H,13H2,1H3/t17-/m1/s1. The van der Waals surface area contributed by atoms with Crippen molar-refractivity contribution in [2.24, 2.45) is 0 Å². The van der Waals surface area contributed by atoms with Gasteiger partial charge >= 0.3 is 0 Å². The van der Waals surface area contributed by atoms with Crippen LogP contribution in [0.3, 0.4) is 0 Å². The maximum atomic E-state index is 11.8. The van der Waals surface area contributed by atoms with Crippen molar-refractivity contribution in [3.05, 3.63) is 72.4 Å². The number of benzene rings is 2. The van der Waals surface area contributed by atoms with Crippen molar-refractivity contribution in [2.45, 2.75) is 12.5 Å². The van der Waals surface area contributed by atoms with Crippen molar-refractivity contribution in [3.8, 4) is 5.75 Å². The average molecular weight is 279 g/mol. The maximum absolute atomic E-state index is 11.8. The summed E-state index contributed by atoms with van der Waals surface area (Å²) >= 11 is 0. The van der Waals surface area contributed by atoms with Gasteiger partial charge in [0.2, 0.25) is 0 Å². The lowest BCUT2D eigenvalue weighted by Crippen LogP contribution is -2.29. The number of hydrogen-bond acceptors (Lipinski definition) is 3. The van der Waals surface area contributed by atoms with Gasteiger partial charge < -0.3 is 9.64 Å². The number of allylic oxidation sites excluding steroid dienone is 1. The van der Waals surface area contributed by atoms with E-state index in [9.17, 15) is 4.79 Å². The van der Waals surface area contributed by atoms with Crippen molar-refractivity contribution < 1.29 is 9.53 Å². The Morgan fingerprint density at radius 2 is 1.76 bits per heavy atom. The van der Waals surface area contributed by atoms with E-state index in [1.54, 1.807) is 13.2 Å². The van der Waals surface area contributed by atoms with Gasteiger partial charge in [-0.2, -0.15) is 0 Å². The zero-order valence-corrected chi connectivity index (χ0v) is 11.9. The highest BCUT2D eigenvalue weighted by atomic mass is 16.5. The lowest BCUT2D eigenvalue weighted by atomic mass is 9.96. The van der Waals surface area contributed by atoms with E-state index in [4.69, 9.17) is 4.74 Å². The number of rotatable bonds is 3. The predicted molar refractivity (Wildman–Crippen MR) is 83.4 cm³/mol. The number of anilines is 1. The number of methoxy groups -OCH3 is 1. The summed E-state index contributed by atoms with van der Waals surface area (Å²) in [6.07, 6.45) is 3.95. The van der Waals surface area contributed by atoms with Gasteiger partial charge in [-0.25, -0.2) is 0 Å². The first-order valence-electron chi connectivity index (χ1n) is 6.97. The van der Waals surface area contributed by atoms with Crippen LogP contribution in [0.4, 0.5) is 5.69 Å². The van der Waals surface area contributed by atoms with Crippen LogP contribution < -0.4 is 9.64 Å². The molecule has 0 fully saturated rings. The van der Waals surface area contributed by atoms with Gasteiger partial charge in [0.15, 0.2) is 5.78 Å². The van der Waals surface area contributed by atoms with E-state index < -0.39 is 0 Å². The monoisotopic (exact) mass is 279 g/mol. The molecular weight excluding hydrogens is 262 g/mol. The third-order valence-corrected chi connectivity index (χ3v) is 3.70. The van der Waals surface area contributed by atoms with Crippen LogP contribution in [0.2, 0.25) is 0 Å². The zero-order chi connectivity index (χ0) is 14.7. The van der Waals surface area contributed by atoms with Gasteiger partial charge in [0, 0.05) is 12.6 Å². The van der Waals surface area contributed by atoms with Crippen molar-refractivity contribution in [1.29, 1.82) is 0 Å². The first-order chi connectivity index (χ1) is 10.3. The summed E-state index contributed by atoms with van der Waals surface area (Å²) in [7, 11) is 1.66. The largest absolute Gasteiger partial charge is 0.495 e. The minimum absolute atomic E-state index is 0.000000000000000444. The molecule has 0 aliphatic carbocycles. The number of carbonyl (C=O) groups is 1. The zero-order valence-electron chi connectivity index (χ0n) is 11.9. The van der Waals surface area contributed by atoms with Crippen LogP contribution in [0.5, 0.6) is 5.75 Å². The lowest BCUT2D eigenvalue weighted by Gasteiger charge is -2.34. The molecule has 0 saturated carbocycles. The summed E-state index contributed by atoms with van der Waals surface area (Å²) in [6.45, 7) is 0. The van der Waals surface area contributed by atoms with Crippen molar-refractivity contribution in [3.63, 3.8) is 0 Å². The minimum Gasteiger partial charge on any atom is -0.495 e. The van der Waals surface area contributed by atoms with Gasteiger partial charge in [-0.1, -0.05) is 42.5 Å². The molecule has 1 heterocycles. The maximum Gasteiger partial charge on any atom is 0.159 e. The topological polar surface area (TPSA) is 29.5 Å². The summed E-state index contributed by atoms with van der Waals surface area (Å²) in [6, 6.07) is 18.0. The molecule has 0 unspecified atom stereocenters. The van der Waals surface area contributed by atoms with E-state index in [2.05, 4.69) is 17.0 Å². The van der Waals surface area contributed by atoms with Gasteiger partial charge in [-0.15, -0.1) is 0 Å². The van der Waals surface area contributed by atoms with Crippen LogP contribution in [0.25, 0.3) is 0 Å². The highest BCUT2D eigenvalue weighted by Crippen LogP contribution is 2.37. The molecule has 3 nitrogen and oxygen atoms in total. The molecule has 1 aliphatic heterocycles. The molecule has 106 valence electrons. The van der Waals surface area contributed by atoms with E-state index >= 15 is 0 Å². The first kappa shape index (κ1) is 13.4. The van der Waals surface area contributed by atoms with E-state index in [1.165, 1.54) is 0 Å². The number of ketones is 1. The molecule has 2 aromatic rings. The molecule has 0 bridgehead atoms. The normalized spacial score (nSPS) is 17.9. The highest BCUT2D eigenvalue weighted by Gasteiger charge is 2.26. The van der Waals surface area contributed by atoms with Crippen LogP contribution in [0.1, 0.15) is 18.0 Å². The van der Waals surface area contributed by atoms with Crippen LogP contribution in [0, 0.1) is 0 Å². The number of para-hydroxylation sites is 2. The van der Waals surface area contributed by atoms with Crippen molar-refractivity contribution in [1.82, 2.24) is 0 Å². The Hall–Kier alpha value is -2.55. The number of hydrogen-bond donors (Lipinski definition) is 0. The summed E-state index contributed by atoms with van der Waals surface area (Å²) in [4.78, 5) is 13.9. The van der Waals surface area contributed by atoms with E-state index in [0.29, 0.717) is 6.42 Å². The number of nitrogens with zero attached hydrogens (tertiary/aromatic N) is 1. The van der Waals surface area contributed by atoms with Gasteiger partial charge in [0.1, 0.15) is 5.75 Å². The molecule has 3 heteroatoms. The Labute approximate surface area is 124 Å². The van der Waals surface area contributed by atoms with E-state index in [0.717, 1.165) is 17.0 Å². The first-order valence-corrected chi connectivity index (χ1v) is 6.97. The summed E-state index contributed by atoms with van der Waals surface area (Å²) in [5, 5.41) is 0. The molecule has 21 heavy (non-hydrogen) atoms. The van der Waals surface area contributed by atoms with Gasteiger partial charge in [-0.05, 0) is 23.8 Å². The SMILES string of the molecule is COc1ccccc1N1C=CC(=O)C[C@@H]1c1ccccc1. The highest BCUT2D eigenvalue weighted by molar-refractivity contribution is 5.92. The molecule has 0 aromatic heterocycles. The molecule has 0 saturated heterocycles. The van der Waals surface area contributed by atoms with Crippen molar-refractivity contribution >= 4 is 11.5 Å². The van der Waals surface area contributed by atoms with E-state index in [1.807, 2.05) is 48.7 Å². The van der Waals surface area contributed by atoms with Gasteiger partial charge in [-0.3, -0.25) is 4.79 Å². The van der Waals surface area contributed by atoms with Crippen molar-refractivity contribution in [2.75, 3.05) is 12.0 Å². The van der Waals surface area contributed by atoms with Gasteiger partial charge in [0.05, 0.1) is 18.8 Å². The Bertz CT molecular complexity index is 664. The second kappa shape index (κ2) is 5.83. The fourth-order valence-corrected chi connectivity index (χ4v) is 2.67. The fourth-order valence-electron chi connectivity index (χ4n) is 2.67. The molecule has 0 radical (unpaired) electrons. The summed E-state index contributed by atoms with van der Waals surface area (Å²) < 4.78 is 5.45. The van der Waals surface area contributed by atoms with Crippen LogP contribution in [-0.4, -0.2) is 12.9 Å². The number of ether oxygens (including phenoxy) is 1.